The van der Waals surface area contributed by atoms with Crippen LogP contribution in [-0.4, -0.2) is 46.6 Å². The molecular weight excluding hydrogens is 240 g/mol. The molecule has 0 bridgehead atoms. The number of aliphatic carboxylic acids is 1. The molecule has 0 aliphatic rings. The van der Waals surface area contributed by atoms with Crippen molar-refractivity contribution in [3.8, 4) is 0 Å². The Morgan fingerprint density at radius 1 is 1.56 bits per heavy atom. The van der Waals surface area contributed by atoms with Crippen LogP contribution in [0.2, 0.25) is 0 Å². The second kappa shape index (κ2) is 6.60. The van der Waals surface area contributed by atoms with Crippen LogP contribution in [0.3, 0.4) is 0 Å². The lowest BCUT2D eigenvalue weighted by Gasteiger charge is -2.11. The largest absolute Gasteiger partial charge is 0.479 e. The van der Waals surface area contributed by atoms with Crippen LogP contribution in [0, 0.1) is 0 Å². The Balaban J connectivity index is 2.27. The number of aryl methyl sites for hydroxylation is 1. The topological polar surface area (TPSA) is 105 Å². The molecule has 8 heteroatoms. The van der Waals surface area contributed by atoms with Crippen LogP contribution >= 0.6 is 0 Å². The Morgan fingerprint density at radius 2 is 2.28 bits per heavy atom. The maximum absolute atomic E-state index is 11.4. The number of urea groups is 1. The van der Waals surface area contributed by atoms with Gasteiger partial charge in [-0.15, -0.1) is 0 Å². The first-order valence-electron chi connectivity index (χ1n) is 5.28. The third kappa shape index (κ3) is 4.42. The molecule has 1 unspecified atom stereocenters. The zero-order chi connectivity index (χ0) is 13.5. The molecule has 0 spiro atoms. The molecule has 0 saturated carbocycles. The second-order valence-corrected chi connectivity index (χ2v) is 3.61. The van der Waals surface area contributed by atoms with E-state index in [1.165, 1.54) is 7.11 Å². The predicted molar refractivity (Wildman–Crippen MR) is 61.9 cm³/mol. The number of rotatable bonds is 6. The molecule has 0 saturated heterocycles. The molecule has 1 heterocycles. The van der Waals surface area contributed by atoms with E-state index in [1.807, 2.05) is 0 Å². The van der Waals surface area contributed by atoms with Crippen LogP contribution in [0.1, 0.15) is 5.69 Å². The van der Waals surface area contributed by atoms with Gasteiger partial charge in [0.05, 0.1) is 18.8 Å². The quantitative estimate of drug-likeness (QED) is 0.625. The van der Waals surface area contributed by atoms with E-state index in [-0.39, 0.29) is 13.1 Å². The van der Waals surface area contributed by atoms with E-state index < -0.39 is 18.1 Å². The molecule has 0 aliphatic carbocycles. The molecule has 3 N–H and O–H groups in total. The van der Waals surface area contributed by atoms with E-state index in [0.717, 1.165) is 0 Å². The first kappa shape index (κ1) is 14.0. The van der Waals surface area contributed by atoms with Gasteiger partial charge in [0.2, 0.25) is 0 Å². The Bertz CT molecular complexity index is 418. The average Bonchev–Trinajstić information content (AvgIpc) is 2.73. The monoisotopic (exact) mass is 256 g/mol. The van der Waals surface area contributed by atoms with Crippen molar-refractivity contribution >= 4 is 12.0 Å². The molecule has 1 rings (SSSR count). The van der Waals surface area contributed by atoms with Crippen molar-refractivity contribution in [1.29, 1.82) is 0 Å². The minimum atomic E-state index is -1.12. The van der Waals surface area contributed by atoms with Crippen LogP contribution in [0.5, 0.6) is 0 Å². The highest BCUT2D eigenvalue weighted by atomic mass is 16.5. The molecule has 0 aromatic carbocycles. The smallest absolute Gasteiger partial charge is 0.334 e. The fourth-order valence-corrected chi connectivity index (χ4v) is 1.25. The first-order chi connectivity index (χ1) is 8.52. The number of carbonyl (C=O) groups excluding carboxylic acids is 1. The number of methoxy groups -OCH3 is 1. The maximum atomic E-state index is 11.4. The highest BCUT2D eigenvalue weighted by Gasteiger charge is 2.16. The molecule has 0 fully saturated rings. The lowest BCUT2D eigenvalue weighted by atomic mass is 10.3. The molecule has 8 nitrogen and oxygen atoms in total. The van der Waals surface area contributed by atoms with Gasteiger partial charge in [-0.25, -0.2) is 9.59 Å². The Kier molecular flexibility index (Phi) is 5.12. The minimum Gasteiger partial charge on any atom is -0.479 e. The summed E-state index contributed by atoms with van der Waals surface area (Å²) in [5.74, 6) is -1.12. The van der Waals surface area contributed by atoms with Crippen molar-refractivity contribution < 1.29 is 19.4 Å². The molecule has 0 aliphatic heterocycles. The van der Waals surface area contributed by atoms with Crippen LogP contribution in [0.15, 0.2) is 12.3 Å². The van der Waals surface area contributed by atoms with Gasteiger partial charge in [-0.2, -0.15) is 5.10 Å². The van der Waals surface area contributed by atoms with Crippen LogP contribution in [-0.2, 0) is 23.1 Å². The van der Waals surface area contributed by atoms with Gasteiger partial charge in [0.25, 0.3) is 0 Å². The van der Waals surface area contributed by atoms with Gasteiger partial charge in [0, 0.05) is 20.4 Å². The van der Waals surface area contributed by atoms with Gasteiger partial charge < -0.3 is 20.5 Å². The lowest BCUT2D eigenvalue weighted by molar-refractivity contribution is -0.147. The minimum absolute atomic E-state index is 0.0973. The zero-order valence-electron chi connectivity index (χ0n) is 10.2. The molecular formula is C10H16N4O4. The van der Waals surface area contributed by atoms with Gasteiger partial charge in [0.1, 0.15) is 0 Å². The molecule has 1 aromatic heterocycles. The number of carboxylic acid groups (broad SMARTS) is 1. The number of ether oxygens (including phenoxy) is 1. The Morgan fingerprint density at radius 3 is 2.78 bits per heavy atom. The summed E-state index contributed by atoms with van der Waals surface area (Å²) in [5.41, 5.74) is 0.717. The number of carboxylic acids is 1. The Hall–Kier alpha value is -2.09. The number of nitrogens with one attached hydrogen (secondary N) is 2. The van der Waals surface area contributed by atoms with E-state index in [4.69, 9.17) is 5.11 Å². The van der Waals surface area contributed by atoms with E-state index in [1.54, 1.807) is 24.0 Å². The van der Waals surface area contributed by atoms with Gasteiger partial charge >= 0.3 is 12.0 Å². The molecule has 100 valence electrons. The van der Waals surface area contributed by atoms with Gasteiger partial charge in [-0.1, -0.05) is 0 Å². The number of amides is 2. The summed E-state index contributed by atoms with van der Waals surface area (Å²) in [6, 6.07) is 1.30. The van der Waals surface area contributed by atoms with Crippen LogP contribution in [0.4, 0.5) is 4.79 Å². The second-order valence-electron chi connectivity index (χ2n) is 3.61. The van der Waals surface area contributed by atoms with Crippen molar-refractivity contribution in [2.45, 2.75) is 12.6 Å². The summed E-state index contributed by atoms with van der Waals surface area (Å²) in [4.78, 5) is 22.0. The van der Waals surface area contributed by atoms with Gasteiger partial charge in [-0.3, -0.25) is 4.68 Å². The fraction of sp³-hybridized carbons (Fsp3) is 0.500. The predicted octanol–water partition coefficient (Wildman–Crippen LogP) is -0.681. The van der Waals surface area contributed by atoms with Gasteiger partial charge in [0.15, 0.2) is 6.10 Å². The number of hydrogen-bond donors (Lipinski definition) is 3. The molecule has 0 radical (unpaired) electrons. The van der Waals surface area contributed by atoms with Crippen LogP contribution < -0.4 is 10.6 Å². The molecule has 1 atom stereocenters. The summed E-state index contributed by atoms with van der Waals surface area (Å²) in [6.45, 7) is 0.178. The highest BCUT2D eigenvalue weighted by molar-refractivity contribution is 5.76. The van der Waals surface area contributed by atoms with Crippen molar-refractivity contribution in [3.63, 3.8) is 0 Å². The average molecular weight is 256 g/mol. The van der Waals surface area contributed by atoms with E-state index >= 15 is 0 Å². The third-order valence-electron chi connectivity index (χ3n) is 2.21. The number of hydrogen-bond acceptors (Lipinski definition) is 4. The summed E-state index contributed by atoms with van der Waals surface area (Å²) in [7, 11) is 3.05. The highest BCUT2D eigenvalue weighted by Crippen LogP contribution is 1.92. The zero-order valence-corrected chi connectivity index (χ0v) is 10.2. The summed E-state index contributed by atoms with van der Waals surface area (Å²) >= 11 is 0. The van der Waals surface area contributed by atoms with Crippen molar-refractivity contribution in [2.75, 3.05) is 13.7 Å². The summed E-state index contributed by atoms with van der Waals surface area (Å²) in [6.07, 6.45) is 0.714. The Labute approximate surface area is 104 Å². The SMILES string of the molecule is COC(CNC(=O)NCc1ccn(C)n1)C(=O)O. The molecule has 18 heavy (non-hydrogen) atoms. The van der Waals surface area contributed by atoms with E-state index in [0.29, 0.717) is 5.69 Å². The van der Waals surface area contributed by atoms with Crippen LogP contribution in [0.25, 0.3) is 0 Å². The van der Waals surface area contributed by atoms with Crippen molar-refractivity contribution in [1.82, 2.24) is 20.4 Å². The normalized spacial score (nSPS) is 11.9. The summed E-state index contributed by atoms with van der Waals surface area (Å²) < 4.78 is 6.30. The number of nitrogens with zero attached hydrogens (tertiary/aromatic N) is 2. The van der Waals surface area contributed by atoms with Crippen molar-refractivity contribution in [2.24, 2.45) is 7.05 Å². The van der Waals surface area contributed by atoms with E-state index in [2.05, 4.69) is 20.5 Å². The lowest BCUT2D eigenvalue weighted by Crippen LogP contribution is -2.42. The summed E-state index contributed by atoms with van der Waals surface area (Å²) in [5, 5.41) is 17.7. The van der Waals surface area contributed by atoms with Crippen molar-refractivity contribution in [3.05, 3.63) is 18.0 Å². The third-order valence-corrected chi connectivity index (χ3v) is 2.21. The first-order valence-corrected chi connectivity index (χ1v) is 5.28. The number of carbonyl (C=O) groups is 2. The van der Waals surface area contributed by atoms with E-state index in [9.17, 15) is 9.59 Å². The standard InChI is InChI=1S/C10H16N4O4/c1-14-4-3-7(13-14)5-11-10(17)12-6-8(18-2)9(15)16/h3-4,8H,5-6H2,1-2H3,(H,15,16)(H2,11,12,17). The van der Waals surface area contributed by atoms with Gasteiger partial charge in [-0.05, 0) is 6.07 Å². The fourth-order valence-electron chi connectivity index (χ4n) is 1.25. The molecule has 2 amide bonds. The number of aromatic nitrogens is 2. The molecule has 1 aromatic rings. The maximum Gasteiger partial charge on any atom is 0.334 e.